The van der Waals surface area contributed by atoms with E-state index in [0.717, 1.165) is 47.7 Å². The van der Waals surface area contributed by atoms with Crippen LogP contribution in [0.3, 0.4) is 0 Å². The molecule has 98 valence electrons. The van der Waals surface area contributed by atoms with E-state index in [4.69, 9.17) is 10.4 Å². The van der Waals surface area contributed by atoms with Crippen LogP contribution in [0.5, 0.6) is 0 Å². The van der Waals surface area contributed by atoms with Gasteiger partial charge in [-0.1, -0.05) is 13.0 Å². The number of aliphatic hydroxyl groups excluding tert-OH is 1. The van der Waals surface area contributed by atoms with Crippen molar-refractivity contribution in [2.24, 2.45) is 0 Å². The van der Waals surface area contributed by atoms with Gasteiger partial charge in [0.15, 0.2) is 0 Å². The fraction of sp³-hybridized carbons (Fsp3) is 0.500. The van der Waals surface area contributed by atoms with E-state index in [-0.39, 0.29) is 6.61 Å². The lowest BCUT2D eigenvalue weighted by Gasteiger charge is -2.07. The van der Waals surface area contributed by atoms with Gasteiger partial charge in [0.1, 0.15) is 6.07 Å². The fourth-order valence-electron chi connectivity index (χ4n) is 1.56. The Hall–Kier alpha value is -1.02. The number of rotatable bonds is 8. The van der Waals surface area contributed by atoms with E-state index in [1.165, 1.54) is 0 Å². The lowest BCUT2D eigenvalue weighted by atomic mass is 10.1. The Kier molecular flexibility index (Phi) is 7.51. The molecule has 0 saturated carbocycles. The van der Waals surface area contributed by atoms with E-state index < -0.39 is 0 Å². The minimum atomic E-state index is 0.202. The summed E-state index contributed by atoms with van der Waals surface area (Å²) in [5.74, 6) is 0.846. The molecule has 0 aliphatic heterocycles. The van der Waals surface area contributed by atoms with Crippen LogP contribution in [0.4, 0.5) is 0 Å². The zero-order valence-electron chi connectivity index (χ0n) is 10.8. The number of thioether (sulfide) groups is 1. The smallest absolute Gasteiger partial charge is 0.100 e. The van der Waals surface area contributed by atoms with Gasteiger partial charge in [-0.3, -0.25) is 0 Å². The quantitative estimate of drug-likeness (QED) is 0.559. The average Bonchev–Trinajstić information content (AvgIpc) is 2.40. The van der Waals surface area contributed by atoms with Crippen LogP contribution in [0.1, 0.15) is 30.9 Å². The van der Waals surface area contributed by atoms with Gasteiger partial charge < -0.3 is 10.4 Å². The Balaban J connectivity index is 2.62. The number of nitrogens with one attached hydrogen (secondary N) is 1. The van der Waals surface area contributed by atoms with Crippen LogP contribution in [0.15, 0.2) is 23.1 Å². The van der Waals surface area contributed by atoms with Crippen molar-refractivity contribution in [2.75, 3.05) is 18.9 Å². The molecule has 0 spiro atoms. The normalized spacial score (nSPS) is 10.3. The second-order valence-corrected chi connectivity index (χ2v) is 5.18. The largest absolute Gasteiger partial charge is 0.396 e. The SMILES string of the molecule is CCCNCc1ccc(SCCCO)c(C#N)c1. The Morgan fingerprint density at radius 2 is 2.28 bits per heavy atom. The molecule has 0 bridgehead atoms. The molecule has 1 aromatic carbocycles. The maximum atomic E-state index is 9.14. The molecule has 0 saturated heterocycles. The molecule has 0 fully saturated rings. The standard InChI is InChI=1S/C14H20N2OS/c1-2-6-16-11-12-4-5-14(13(9-12)10-15)18-8-3-7-17/h4-5,9,16-17H,2-3,6-8,11H2,1H3. The molecule has 0 radical (unpaired) electrons. The number of nitriles is 1. The molecule has 1 rings (SSSR count). The predicted octanol–water partition coefficient (Wildman–Crippen LogP) is 2.53. The van der Waals surface area contributed by atoms with Crippen LogP contribution in [-0.2, 0) is 6.54 Å². The summed E-state index contributed by atoms with van der Waals surface area (Å²) in [5, 5.41) is 21.2. The van der Waals surface area contributed by atoms with E-state index >= 15 is 0 Å². The molecule has 4 heteroatoms. The highest BCUT2D eigenvalue weighted by atomic mass is 32.2. The van der Waals surface area contributed by atoms with E-state index in [0.29, 0.717) is 0 Å². The highest BCUT2D eigenvalue weighted by molar-refractivity contribution is 7.99. The average molecular weight is 264 g/mol. The zero-order valence-corrected chi connectivity index (χ0v) is 11.6. The summed E-state index contributed by atoms with van der Waals surface area (Å²) in [5.41, 5.74) is 1.88. The molecule has 0 aliphatic carbocycles. The van der Waals surface area contributed by atoms with Crippen LogP contribution in [-0.4, -0.2) is 24.0 Å². The highest BCUT2D eigenvalue weighted by Gasteiger charge is 2.04. The van der Waals surface area contributed by atoms with Crippen molar-refractivity contribution in [3.05, 3.63) is 29.3 Å². The van der Waals surface area contributed by atoms with Crippen molar-refractivity contribution in [1.29, 1.82) is 5.26 Å². The van der Waals surface area contributed by atoms with E-state index in [9.17, 15) is 0 Å². The summed E-state index contributed by atoms with van der Waals surface area (Å²) >= 11 is 1.63. The van der Waals surface area contributed by atoms with E-state index in [1.807, 2.05) is 12.1 Å². The number of benzene rings is 1. The van der Waals surface area contributed by atoms with Crippen molar-refractivity contribution < 1.29 is 5.11 Å². The fourth-order valence-corrected chi connectivity index (χ4v) is 2.47. The monoisotopic (exact) mass is 264 g/mol. The van der Waals surface area contributed by atoms with Crippen LogP contribution in [0, 0.1) is 11.3 Å². The second-order valence-electron chi connectivity index (χ2n) is 4.04. The third-order valence-electron chi connectivity index (χ3n) is 2.48. The van der Waals surface area contributed by atoms with Gasteiger partial charge >= 0.3 is 0 Å². The highest BCUT2D eigenvalue weighted by Crippen LogP contribution is 2.24. The van der Waals surface area contributed by atoms with Gasteiger partial charge in [-0.2, -0.15) is 5.26 Å². The molecule has 2 N–H and O–H groups in total. The number of hydrogen-bond donors (Lipinski definition) is 2. The summed E-state index contributed by atoms with van der Waals surface area (Å²) in [6.45, 7) is 4.14. The van der Waals surface area contributed by atoms with Gasteiger partial charge in [0.2, 0.25) is 0 Å². The predicted molar refractivity (Wildman–Crippen MR) is 75.6 cm³/mol. The van der Waals surface area contributed by atoms with Gasteiger partial charge in [-0.05, 0) is 37.1 Å². The summed E-state index contributed by atoms with van der Waals surface area (Å²) < 4.78 is 0. The van der Waals surface area contributed by atoms with Crippen molar-refractivity contribution in [3.8, 4) is 6.07 Å². The molecule has 0 aromatic heterocycles. The third-order valence-corrected chi connectivity index (χ3v) is 3.64. The second kappa shape index (κ2) is 8.98. The minimum Gasteiger partial charge on any atom is -0.396 e. The molecule has 0 unspecified atom stereocenters. The maximum Gasteiger partial charge on any atom is 0.100 e. The summed E-state index contributed by atoms with van der Waals surface area (Å²) in [7, 11) is 0. The Morgan fingerprint density at radius 3 is 2.94 bits per heavy atom. The summed E-state index contributed by atoms with van der Waals surface area (Å²) in [6, 6.07) is 8.25. The van der Waals surface area contributed by atoms with Crippen LogP contribution >= 0.6 is 11.8 Å². The van der Waals surface area contributed by atoms with Gasteiger partial charge in [0.05, 0.1) is 5.56 Å². The molecule has 0 amide bonds. The first-order valence-electron chi connectivity index (χ1n) is 6.29. The number of nitrogens with zero attached hydrogens (tertiary/aromatic N) is 1. The molecule has 0 aliphatic rings. The minimum absolute atomic E-state index is 0.202. The Morgan fingerprint density at radius 1 is 1.44 bits per heavy atom. The molecule has 1 aromatic rings. The zero-order chi connectivity index (χ0) is 13.2. The third kappa shape index (κ3) is 5.09. The summed E-state index contributed by atoms with van der Waals surface area (Å²) in [6.07, 6.45) is 1.87. The Bertz CT molecular complexity index is 401. The molecular weight excluding hydrogens is 244 g/mol. The molecule has 18 heavy (non-hydrogen) atoms. The first-order valence-corrected chi connectivity index (χ1v) is 7.27. The van der Waals surface area contributed by atoms with Gasteiger partial charge in [-0.25, -0.2) is 0 Å². The van der Waals surface area contributed by atoms with Crippen LogP contribution < -0.4 is 5.32 Å². The van der Waals surface area contributed by atoms with Crippen LogP contribution in [0.25, 0.3) is 0 Å². The van der Waals surface area contributed by atoms with E-state index in [1.54, 1.807) is 11.8 Å². The lowest BCUT2D eigenvalue weighted by molar-refractivity contribution is 0.296. The van der Waals surface area contributed by atoms with Gasteiger partial charge in [0, 0.05) is 23.8 Å². The topological polar surface area (TPSA) is 56.0 Å². The number of aliphatic hydroxyl groups is 1. The molecule has 3 nitrogen and oxygen atoms in total. The maximum absolute atomic E-state index is 9.14. The molecule has 0 heterocycles. The Labute approximate surface area is 113 Å². The van der Waals surface area contributed by atoms with Crippen molar-refractivity contribution in [2.45, 2.75) is 31.2 Å². The molecular formula is C14H20N2OS. The molecule has 0 atom stereocenters. The number of hydrogen-bond acceptors (Lipinski definition) is 4. The first kappa shape index (κ1) is 15.0. The first-order chi connectivity index (χ1) is 8.81. The summed E-state index contributed by atoms with van der Waals surface area (Å²) in [4.78, 5) is 1.00. The van der Waals surface area contributed by atoms with Crippen LogP contribution in [0.2, 0.25) is 0 Å². The van der Waals surface area contributed by atoms with Crippen molar-refractivity contribution in [1.82, 2.24) is 5.32 Å². The lowest BCUT2D eigenvalue weighted by Crippen LogP contribution is -2.13. The van der Waals surface area contributed by atoms with Gasteiger partial charge in [0.25, 0.3) is 0 Å². The van der Waals surface area contributed by atoms with E-state index in [2.05, 4.69) is 24.4 Å². The van der Waals surface area contributed by atoms with Crippen molar-refractivity contribution in [3.63, 3.8) is 0 Å². The van der Waals surface area contributed by atoms with Gasteiger partial charge in [-0.15, -0.1) is 11.8 Å². The van der Waals surface area contributed by atoms with Crippen molar-refractivity contribution >= 4 is 11.8 Å².